The van der Waals surface area contributed by atoms with Gasteiger partial charge in [0.25, 0.3) is 0 Å². The Morgan fingerprint density at radius 2 is 2.11 bits per heavy atom. The highest BCUT2D eigenvalue weighted by Gasteiger charge is 2.33. The number of likely N-dealkylation sites (tertiary alicyclic amines) is 1. The molecule has 3 nitrogen and oxygen atoms in total. The molecule has 2 rings (SSSR count). The van der Waals surface area contributed by atoms with E-state index in [1.165, 1.54) is 19.3 Å². The number of hydrogen-bond acceptors (Lipinski definition) is 3. The fraction of sp³-hybridized carbons (Fsp3) is 0.875. The van der Waals surface area contributed by atoms with Gasteiger partial charge < -0.3 is 9.84 Å². The van der Waals surface area contributed by atoms with Crippen LogP contribution < -0.4 is 0 Å². The van der Waals surface area contributed by atoms with Crippen LogP contribution in [0.2, 0.25) is 0 Å². The van der Waals surface area contributed by atoms with Gasteiger partial charge in [0.1, 0.15) is 0 Å². The van der Waals surface area contributed by atoms with Gasteiger partial charge in [-0.2, -0.15) is 0 Å². The molecule has 0 aromatic rings. The lowest BCUT2D eigenvalue weighted by Gasteiger charge is -2.35. The topological polar surface area (TPSA) is 32.7 Å². The molecule has 0 spiro atoms. The van der Waals surface area contributed by atoms with Crippen LogP contribution >= 0.6 is 0 Å². The van der Waals surface area contributed by atoms with Gasteiger partial charge >= 0.3 is 0 Å². The molecular weight excluding hydrogens is 238 g/mol. The second-order valence-electron chi connectivity index (χ2n) is 6.85. The minimum Gasteiger partial charge on any atom is -0.389 e. The predicted molar refractivity (Wildman–Crippen MR) is 78.2 cm³/mol. The SMILES string of the molecule is CO[C@H]1CN(CCC2=C(C)CCCC2(C)C)C[C@@H]1O. The molecule has 0 saturated carbocycles. The van der Waals surface area contributed by atoms with Gasteiger partial charge in [-0.05, 0) is 38.0 Å². The maximum atomic E-state index is 9.87. The van der Waals surface area contributed by atoms with Crippen LogP contribution in [0.25, 0.3) is 0 Å². The summed E-state index contributed by atoms with van der Waals surface area (Å²) in [6, 6.07) is 0. The standard InChI is InChI=1S/C16H29NO2/c1-12-6-5-8-16(2,3)13(12)7-9-17-10-14(18)15(11-17)19-4/h14-15,18H,5-11H2,1-4H3/t14-,15-/m0/s1. The van der Waals surface area contributed by atoms with Crippen LogP contribution in [0.1, 0.15) is 46.5 Å². The first-order valence-electron chi connectivity index (χ1n) is 7.56. The second kappa shape index (κ2) is 5.94. The molecule has 3 heteroatoms. The number of allylic oxidation sites excluding steroid dienone is 1. The zero-order valence-corrected chi connectivity index (χ0v) is 12.9. The average Bonchev–Trinajstić information content (AvgIpc) is 2.68. The van der Waals surface area contributed by atoms with Crippen molar-refractivity contribution < 1.29 is 9.84 Å². The van der Waals surface area contributed by atoms with E-state index in [0.29, 0.717) is 5.41 Å². The third-order valence-corrected chi connectivity index (χ3v) is 4.98. The molecule has 0 radical (unpaired) electrons. The summed E-state index contributed by atoms with van der Waals surface area (Å²) in [5.41, 5.74) is 3.61. The number of β-amino-alcohol motifs (C(OH)–C–C–N with tert-alkyl or cyclic N) is 1. The number of aliphatic hydroxyl groups excluding tert-OH is 1. The van der Waals surface area contributed by atoms with Crippen LogP contribution in [-0.4, -0.2) is 49.0 Å². The van der Waals surface area contributed by atoms with Crippen molar-refractivity contribution in [2.75, 3.05) is 26.7 Å². The normalized spacial score (nSPS) is 32.1. The maximum Gasteiger partial charge on any atom is 0.0969 e. The number of ether oxygens (including phenoxy) is 1. The molecule has 110 valence electrons. The van der Waals surface area contributed by atoms with E-state index >= 15 is 0 Å². The van der Waals surface area contributed by atoms with Crippen LogP contribution in [0.15, 0.2) is 11.1 Å². The first kappa shape index (κ1) is 15.0. The van der Waals surface area contributed by atoms with E-state index in [9.17, 15) is 5.11 Å². The molecule has 1 fully saturated rings. The monoisotopic (exact) mass is 267 g/mol. The minimum absolute atomic E-state index is 0.00515. The molecule has 0 unspecified atom stereocenters. The number of rotatable bonds is 4. The van der Waals surface area contributed by atoms with Gasteiger partial charge in [-0.15, -0.1) is 0 Å². The molecule has 1 N–H and O–H groups in total. The summed E-state index contributed by atoms with van der Waals surface area (Å²) in [7, 11) is 1.69. The lowest BCUT2D eigenvalue weighted by molar-refractivity contribution is 0.0215. The van der Waals surface area contributed by atoms with Gasteiger partial charge in [0.05, 0.1) is 12.2 Å². The number of hydrogen-bond donors (Lipinski definition) is 1. The fourth-order valence-corrected chi connectivity index (χ4v) is 3.74. The van der Waals surface area contributed by atoms with E-state index < -0.39 is 0 Å². The molecule has 1 heterocycles. The highest BCUT2D eigenvalue weighted by atomic mass is 16.5. The third-order valence-electron chi connectivity index (χ3n) is 4.98. The third kappa shape index (κ3) is 3.39. The molecule has 1 saturated heterocycles. The van der Waals surface area contributed by atoms with Gasteiger partial charge in [-0.3, -0.25) is 4.90 Å². The van der Waals surface area contributed by atoms with Crippen LogP contribution in [0.3, 0.4) is 0 Å². The molecule has 2 atom stereocenters. The van der Waals surface area contributed by atoms with E-state index in [1.54, 1.807) is 18.3 Å². The van der Waals surface area contributed by atoms with Crippen molar-refractivity contribution in [1.29, 1.82) is 0 Å². The van der Waals surface area contributed by atoms with Gasteiger partial charge in [0.15, 0.2) is 0 Å². The van der Waals surface area contributed by atoms with E-state index in [2.05, 4.69) is 25.7 Å². The van der Waals surface area contributed by atoms with Crippen molar-refractivity contribution in [2.45, 2.75) is 58.7 Å². The van der Waals surface area contributed by atoms with E-state index in [0.717, 1.165) is 26.1 Å². The lowest BCUT2D eigenvalue weighted by Crippen LogP contribution is -2.28. The number of methoxy groups -OCH3 is 1. The van der Waals surface area contributed by atoms with E-state index in [4.69, 9.17) is 4.74 Å². The first-order valence-corrected chi connectivity index (χ1v) is 7.56. The Kier molecular flexibility index (Phi) is 4.70. The molecule has 2 aliphatic rings. The summed E-state index contributed by atoms with van der Waals surface area (Å²) in [6.45, 7) is 9.72. The highest BCUT2D eigenvalue weighted by Crippen LogP contribution is 2.41. The molecule has 1 aliphatic heterocycles. The summed E-state index contributed by atoms with van der Waals surface area (Å²) in [6.07, 6.45) is 4.72. The van der Waals surface area contributed by atoms with Crippen LogP contribution in [0, 0.1) is 5.41 Å². The van der Waals surface area contributed by atoms with Gasteiger partial charge in [-0.1, -0.05) is 25.0 Å². The van der Waals surface area contributed by atoms with Gasteiger partial charge in [0, 0.05) is 26.7 Å². The quantitative estimate of drug-likeness (QED) is 0.795. The molecule has 0 bridgehead atoms. The zero-order valence-electron chi connectivity index (χ0n) is 12.9. The number of nitrogens with zero attached hydrogens (tertiary/aromatic N) is 1. The summed E-state index contributed by atoms with van der Waals surface area (Å²) >= 11 is 0. The van der Waals surface area contributed by atoms with Crippen molar-refractivity contribution in [1.82, 2.24) is 4.90 Å². The molecule has 0 aromatic heterocycles. The van der Waals surface area contributed by atoms with E-state index in [1.807, 2.05) is 0 Å². The summed E-state index contributed by atoms with van der Waals surface area (Å²) in [4.78, 5) is 2.34. The highest BCUT2D eigenvalue weighted by molar-refractivity contribution is 5.22. The summed E-state index contributed by atoms with van der Waals surface area (Å²) in [5, 5.41) is 9.87. The van der Waals surface area contributed by atoms with Crippen molar-refractivity contribution >= 4 is 0 Å². The predicted octanol–water partition coefficient (Wildman–Crippen LogP) is 2.59. The Bertz CT molecular complexity index is 349. The van der Waals surface area contributed by atoms with Gasteiger partial charge in [0.2, 0.25) is 0 Å². The summed E-state index contributed by atoms with van der Waals surface area (Å²) < 4.78 is 5.30. The Hall–Kier alpha value is -0.380. The van der Waals surface area contributed by atoms with Gasteiger partial charge in [-0.25, -0.2) is 0 Å². The Morgan fingerprint density at radius 3 is 2.68 bits per heavy atom. The van der Waals surface area contributed by atoms with Crippen molar-refractivity contribution in [3.63, 3.8) is 0 Å². The minimum atomic E-state index is -0.320. The Labute approximate surface area is 117 Å². The molecule has 0 amide bonds. The largest absolute Gasteiger partial charge is 0.389 e. The van der Waals surface area contributed by atoms with Crippen molar-refractivity contribution in [2.24, 2.45) is 5.41 Å². The van der Waals surface area contributed by atoms with Crippen molar-refractivity contribution in [3.8, 4) is 0 Å². The van der Waals surface area contributed by atoms with E-state index in [-0.39, 0.29) is 12.2 Å². The Balaban J connectivity index is 1.92. The maximum absolute atomic E-state index is 9.87. The Morgan fingerprint density at radius 1 is 1.37 bits per heavy atom. The van der Waals surface area contributed by atoms with Crippen LogP contribution in [0.5, 0.6) is 0 Å². The zero-order chi connectivity index (χ0) is 14.0. The fourth-order valence-electron chi connectivity index (χ4n) is 3.74. The first-order chi connectivity index (χ1) is 8.94. The molecule has 1 aliphatic carbocycles. The van der Waals surface area contributed by atoms with Crippen LogP contribution in [0.4, 0.5) is 0 Å². The second-order valence-corrected chi connectivity index (χ2v) is 6.85. The smallest absolute Gasteiger partial charge is 0.0969 e. The molecule has 0 aromatic carbocycles. The summed E-state index contributed by atoms with van der Waals surface area (Å²) in [5.74, 6) is 0. The molecular formula is C16H29NO2. The van der Waals surface area contributed by atoms with Crippen molar-refractivity contribution in [3.05, 3.63) is 11.1 Å². The molecule has 19 heavy (non-hydrogen) atoms. The van der Waals surface area contributed by atoms with Crippen LogP contribution in [-0.2, 0) is 4.74 Å². The average molecular weight is 267 g/mol. The number of aliphatic hydroxyl groups is 1. The lowest BCUT2D eigenvalue weighted by atomic mass is 9.71.